The zero-order valence-corrected chi connectivity index (χ0v) is 10.2. The molecule has 4 nitrogen and oxygen atoms in total. The maximum Gasteiger partial charge on any atom is 0.460 e. The molecule has 0 spiro atoms. The molecule has 19 heavy (non-hydrogen) atoms. The van der Waals surface area contributed by atoms with Gasteiger partial charge in [-0.2, -0.15) is 30.7 Å². The minimum Gasteiger partial charge on any atom is -0.506 e. The van der Waals surface area contributed by atoms with Crippen LogP contribution in [0.5, 0.6) is 0 Å². The van der Waals surface area contributed by atoms with Gasteiger partial charge >= 0.3 is 25.6 Å². The smallest absolute Gasteiger partial charge is 0.460 e. The molecule has 0 rings (SSSR count). The van der Waals surface area contributed by atoms with Crippen LogP contribution in [0.1, 0.15) is 0 Å². The van der Waals surface area contributed by atoms with Gasteiger partial charge < -0.3 is 14.2 Å². The third kappa shape index (κ3) is 3.40. The fourth-order valence-corrected chi connectivity index (χ4v) is 1.57. The lowest BCUT2D eigenvalue weighted by atomic mass is 10.1. The molecule has 1 N–H and O–H groups in total. The van der Waals surface area contributed by atoms with Crippen LogP contribution in [0.4, 0.5) is 30.7 Å². The van der Waals surface area contributed by atoms with E-state index in [0.717, 1.165) is 0 Å². The number of hydrogen-bond donors (Lipinski definition) is 1. The molecule has 0 aliphatic carbocycles. The third-order valence-corrected chi connectivity index (χ3v) is 3.44. The van der Waals surface area contributed by atoms with Gasteiger partial charge in [0, 0.05) is 14.2 Å². The fourth-order valence-electron chi connectivity index (χ4n) is 0.750. The highest BCUT2D eigenvalue weighted by molar-refractivity contribution is 7.57. The van der Waals surface area contributed by atoms with Gasteiger partial charge in [-0.1, -0.05) is 0 Å². The summed E-state index contributed by atoms with van der Waals surface area (Å²) in [6, 6.07) is 0. The van der Waals surface area contributed by atoms with Crippen LogP contribution in [0.3, 0.4) is 0 Å². The van der Waals surface area contributed by atoms with E-state index in [2.05, 4.69) is 9.05 Å². The van der Waals surface area contributed by atoms with Crippen molar-refractivity contribution < 1.29 is 49.5 Å². The van der Waals surface area contributed by atoms with Crippen molar-refractivity contribution in [2.24, 2.45) is 0 Å². The van der Waals surface area contributed by atoms with Crippen LogP contribution in [0, 0.1) is 0 Å². The lowest BCUT2D eigenvalue weighted by molar-refractivity contribution is -0.349. The monoisotopic (exact) mass is 320 g/mol. The van der Waals surface area contributed by atoms with Crippen molar-refractivity contribution in [1.82, 2.24) is 0 Å². The first kappa shape index (κ1) is 18.2. The predicted molar refractivity (Wildman–Crippen MR) is 48.3 cm³/mol. The molecule has 0 unspecified atom stereocenters. The van der Waals surface area contributed by atoms with Gasteiger partial charge in [0.25, 0.3) is 0 Å². The van der Waals surface area contributed by atoms with E-state index in [1.807, 2.05) is 0 Å². The summed E-state index contributed by atoms with van der Waals surface area (Å²) in [6.07, 6.45) is -6.62. The van der Waals surface area contributed by atoms with E-state index in [-0.39, 0.29) is 0 Å². The van der Waals surface area contributed by atoms with Gasteiger partial charge in [-0.15, -0.1) is 0 Å². The molecule has 0 aromatic carbocycles. The molecule has 0 aliphatic rings. The molecule has 0 saturated carbocycles. The Hall–Kier alpha value is -0.800. The molecule has 0 amide bonds. The van der Waals surface area contributed by atoms with E-state index in [0.29, 0.717) is 14.2 Å². The summed E-state index contributed by atoms with van der Waals surface area (Å²) < 4.78 is 105. The number of alkyl halides is 7. The second-order valence-electron chi connectivity index (χ2n) is 3.07. The number of aliphatic hydroxyl groups is 1. The first-order chi connectivity index (χ1) is 8.25. The summed E-state index contributed by atoms with van der Waals surface area (Å²) in [5.74, 6) is -15.9. The Labute approximate surface area is 102 Å². The maximum absolute atomic E-state index is 12.9. The summed E-state index contributed by atoms with van der Waals surface area (Å²) >= 11 is 0. The lowest BCUT2D eigenvalue weighted by Gasteiger charge is -2.27. The molecule has 0 aromatic heterocycles. The molecule has 0 fully saturated rings. The fraction of sp³-hybridized carbons (Fsp3) is 0.714. The Kier molecular flexibility index (Phi) is 5.07. The highest BCUT2D eigenvalue weighted by Crippen LogP contribution is 2.54. The zero-order chi connectivity index (χ0) is 15.7. The maximum atomic E-state index is 12.9. The molecule has 0 bridgehead atoms. The second-order valence-corrected chi connectivity index (χ2v) is 5.13. The van der Waals surface area contributed by atoms with E-state index >= 15 is 0 Å². The first-order valence-electron chi connectivity index (χ1n) is 4.21. The van der Waals surface area contributed by atoms with E-state index < -0.39 is 37.2 Å². The molecule has 114 valence electrons. The van der Waals surface area contributed by atoms with Crippen LogP contribution in [0.2, 0.25) is 0 Å². The number of hydrogen-bond acceptors (Lipinski definition) is 4. The molecular formula is C7H8F7O4P. The van der Waals surface area contributed by atoms with Crippen LogP contribution in [0.15, 0.2) is 11.6 Å². The molecule has 0 atom stereocenters. The molecule has 0 saturated heterocycles. The van der Waals surface area contributed by atoms with Gasteiger partial charge in [0.1, 0.15) is 0 Å². The topological polar surface area (TPSA) is 55.8 Å². The van der Waals surface area contributed by atoms with E-state index in [9.17, 15) is 35.3 Å². The minimum absolute atomic E-state index is 0.521. The molecule has 0 aliphatic heterocycles. The number of halogens is 7. The van der Waals surface area contributed by atoms with Gasteiger partial charge in [-0.05, 0) is 0 Å². The summed E-state index contributed by atoms with van der Waals surface area (Å²) in [5.41, 5.74) is 0. The van der Waals surface area contributed by atoms with Crippen molar-refractivity contribution >= 4 is 7.60 Å². The van der Waals surface area contributed by atoms with Crippen molar-refractivity contribution in [1.29, 1.82) is 0 Å². The normalized spacial score (nSPS) is 15.7. The van der Waals surface area contributed by atoms with Crippen molar-refractivity contribution in [3.63, 3.8) is 0 Å². The molecule has 0 aromatic rings. The predicted octanol–water partition coefficient (Wildman–Crippen LogP) is 3.70. The largest absolute Gasteiger partial charge is 0.506 e. The standard InChI is InChI=1S/C7H8F7O4P/c1-17-19(16,18-2)3-4(15)5(8,9)6(10,11)7(12,13)14/h3,15H,1-2H3/b4-3+. The highest BCUT2D eigenvalue weighted by atomic mass is 31.2. The SMILES string of the molecule is COP(=O)(/C=C(/O)C(F)(F)C(F)(F)C(F)(F)F)OC. The molecule has 0 radical (unpaired) electrons. The quantitative estimate of drug-likeness (QED) is 0.477. The van der Waals surface area contributed by atoms with E-state index in [1.54, 1.807) is 0 Å². The Morgan fingerprint density at radius 2 is 1.42 bits per heavy atom. The van der Waals surface area contributed by atoms with Crippen LogP contribution in [-0.4, -0.2) is 37.3 Å². The molecule has 0 heterocycles. The Balaban J connectivity index is 5.69. The van der Waals surface area contributed by atoms with Gasteiger partial charge in [-0.25, -0.2) is 0 Å². The van der Waals surface area contributed by atoms with Gasteiger partial charge in [-0.3, -0.25) is 4.57 Å². The Morgan fingerprint density at radius 1 is 1.05 bits per heavy atom. The second kappa shape index (κ2) is 5.29. The van der Waals surface area contributed by atoms with Gasteiger partial charge in [0.15, 0.2) is 5.76 Å². The Morgan fingerprint density at radius 3 is 1.68 bits per heavy atom. The third-order valence-electron chi connectivity index (χ3n) is 1.86. The van der Waals surface area contributed by atoms with Crippen LogP contribution in [0.25, 0.3) is 0 Å². The summed E-state index contributed by atoms with van der Waals surface area (Å²) in [7, 11) is -3.25. The minimum atomic E-state index is -6.62. The summed E-state index contributed by atoms with van der Waals surface area (Å²) in [6.45, 7) is 0. The molecular weight excluding hydrogens is 312 g/mol. The number of rotatable bonds is 5. The van der Waals surface area contributed by atoms with Crippen LogP contribution < -0.4 is 0 Å². The van der Waals surface area contributed by atoms with Crippen molar-refractivity contribution in [3.05, 3.63) is 11.6 Å². The number of allylic oxidation sites excluding steroid dienone is 1. The average molecular weight is 320 g/mol. The number of aliphatic hydroxyl groups excluding tert-OH is 1. The van der Waals surface area contributed by atoms with Gasteiger partial charge in [0.2, 0.25) is 0 Å². The zero-order valence-electron chi connectivity index (χ0n) is 9.34. The summed E-state index contributed by atoms with van der Waals surface area (Å²) in [5, 5.41) is 8.67. The van der Waals surface area contributed by atoms with E-state index in [4.69, 9.17) is 5.11 Å². The summed E-state index contributed by atoms with van der Waals surface area (Å²) in [4.78, 5) is 0. The Bertz CT molecular complexity index is 395. The first-order valence-corrected chi connectivity index (χ1v) is 5.82. The van der Waals surface area contributed by atoms with Crippen molar-refractivity contribution in [3.8, 4) is 0 Å². The average Bonchev–Trinajstić information content (AvgIpc) is 2.26. The molecule has 12 heteroatoms. The highest BCUT2D eigenvalue weighted by Gasteiger charge is 2.75. The van der Waals surface area contributed by atoms with Crippen molar-refractivity contribution in [2.45, 2.75) is 18.0 Å². The van der Waals surface area contributed by atoms with Crippen molar-refractivity contribution in [2.75, 3.05) is 14.2 Å². The lowest BCUT2D eigenvalue weighted by Crippen LogP contribution is -2.52. The van der Waals surface area contributed by atoms with Crippen LogP contribution >= 0.6 is 7.60 Å². The van der Waals surface area contributed by atoms with Crippen LogP contribution in [-0.2, 0) is 13.6 Å². The van der Waals surface area contributed by atoms with Gasteiger partial charge in [0.05, 0.1) is 5.82 Å². The van der Waals surface area contributed by atoms with E-state index in [1.165, 1.54) is 0 Å².